The Morgan fingerprint density at radius 3 is 2.65 bits per heavy atom. The molecule has 2 aromatic carbocycles. The Kier molecular flexibility index (Phi) is 5.37. The minimum absolute atomic E-state index is 0.195. The molecule has 1 heterocycles. The Morgan fingerprint density at radius 2 is 1.85 bits per heavy atom. The third-order valence-corrected chi connectivity index (χ3v) is 4.06. The molecule has 0 unspecified atom stereocenters. The number of nitriles is 1. The normalized spacial score (nSPS) is 10.0. The van der Waals surface area contributed by atoms with E-state index in [2.05, 4.69) is 15.6 Å². The average molecular weight is 383 g/mol. The summed E-state index contributed by atoms with van der Waals surface area (Å²) in [6, 6.07) is 17.1. The molecule has 0 atom stereocenters. The zero-order valence-corrected chi connectivity index (χ0v) is 14.8. The zero-order chi connectivity index (χ0) is 18.5. The van der Waals surface area contributed by atoms with Crippen LogP contribution in [-0.2, 0) is 0 Å². The Bertz CT molecular complexity index is 1010. The SMILES string of the molecule is N#Cc1ccccc1NC(=O)c1cc(Nc2cc(Cl)ccc2Cl)ccn1. The minimum atomic E-state index is -0.423. The van der Waals surface area contributed by atoms with Crippen molar-refractivity contribution in [3.8, 4) is 6.07 Å². The van der Waals surface area contributed by atoms with Gasteiger partial charge in [0.1, 0.15) is 11.8 Å². The number of hydrogen-bond acceptors (Lipinski definition) is 4. The number of para-hydroxylation sites is 1. The molecule has 5 nitrogen and oxygen atoms in total. The number of hydrogen-bond donors (Lipinski definition) is 2. The van der Waals surface area contributed by atoms with Crippen molar-refractivity contribution in [3.05, 3.63) is 82.1 Å². The van der Waals surface area contributed by atoms with E-state index < -0.39 is 5.91 Å². The van der Waals surface area contributed by atoms with Crippen molar-refractivity contribution in [2.45, 2.75) is 0 Å². The Morgan fingerprint density at radius 1 is 1.04 bits per heavy atom. The molecule has 1 aromatic heterocycles. The second-order valence-electron chi connectivity index (χ2n) is 5.29. The predicted octanol–water partition coefficient (Wildman–Crippen LogP) is 5.26. The van der Waals surface area contributed by atoms with Crippen LogP contribution in [0.25, 0.3) is 0 Å². The maximum absolute atomic E-state index is 12.4. The topological polar surface area (TPSA) is 77.8 Å². The smallest absolute Gasteiger partial charge is 0.274 e. The molecule has 3 rings (SSSR count). The molecule has 0 spiro atoms. The largest absolute Gasteiger partial charge is 0.354 e. The molecule has 26 heavy (non-hydrogen) atoms. The van der Waals surface area contributed by atoms with Gasteiger partial charge in [-0.15, -0.1) is 0 Å². The van der Waals surface area contributed by atoms with Gasteiger partial charge in [0.25, 0.3) is 5.91 Å². The summed E-state index contributed by atoms with van der Waals surface area (Å²) >= 11 is 12.1. The lowest BCUT2D eigenvalue weighted by Crippen LogP contribution is -2.14. The van der Waals surface area contributed by atoms with E-state index in [9.17, 15) is 4.79 Å². The van der Waals surface area contributed by atoms with Gasteiger partial charge >= 0.3 is 0 Å². The van der Waals surface area contributed by atoms with Gasteiger partial charge in [-0.25, -0.2) is 0 Å². The quantitative estimate of drug-likeness (QED) is 0.645. The van der Waals surface area contributed by atoms with Crippen molar-refractivity contribution in [2.24, 2.45) is 0 Å². The fourth-order valence-electron chi connectivity index (χ4n) is 2.26. The summed E-state index contributed by atoms with van der Waals surface area (Å²) in [6.07, 6.45) is 1.51. The van der Waals surface area contributed by atoms with Crippen molar-refractivity contribution < 1.29 is 4.79 Å². The number of carbonyl (C=O) groups excluding carboxylic acids is 1. The van der Waals surface area contributed by atoms with Crippen LogP contribution in [0.15, 0.2) is 60.8 Å². The van der Waals surface area contributed by atoms with Crippen molar-refractivity contribution >= 4 is 46.2 Å². The minimum Gasteiger partial charge on any atom is -0.354 e. The molecule has 1 amide bonds. The molecular formula is C19H12Cl2N4O. The Balaban J connectivity index is 1.82. The highest BCUT2D eigenvalue weighted by Gasteiger charge is 2.11. The third-order valence-electron chi connectivity index (χ3n) is 3.50. The van der Waals surface area contributed by atoms with Crippen LogP contribution in [0.4, 0.5) is 17.1 Å². The van der Waals surface area contributed by atoms with E-state index >= 15 is 0 Å². The molecule has 0 aliphatic rings. The number of nitrogens with zero attached hydrogens (tertiary/aromatic N) is 2. The van der Waals surface area contributed by atoms with Crippen LogP contribution in [0.1, 0.15) is 16.1 Å². The fraction of sp³-hybridized carbons (Fsp3) is 0. The number of amides is 1. The highest BCUT2D eigenvalue weighted by molar-refractivity contribution is 6.35. The van der Waals surface area contributed by atoms with Gasteiger partial charge in [-0.3, -0.25) is 9.78 Å². The van der Waals surface area contributed by atoms with Gasteiger partial charge in [-0.1, -0.05) is 35.3 Å². The standard InChI is InChI=1S/C19H12Cl2N4O/c20-13-5-6-15(21)17(9-13)24-14-7-8-23-18(10-14)19(26)25-16-4-2-1-3-12(16)11-22/h1-10H,(H,23,24)(H,25,26). The number of rotatable bonds is 4. The van der Waals surface area contributed by atoms with Crippen LogP contribution in [0.3, 0.4) is 0 Å². The van der Waals surface area contributed by atoms with Gasteiger partial charge in [0.2, 0.25) is 0 Å². The van der Waals surface area contributed by atoms with Crippen molar-refractivity contribution in [2.75, 3.05) is 10.6 Å². The second-order valence-corrected chi connectivity index (χ2v) is 6.13. The summed E-state index contributed by atoms with van der Waals surface area (Å²) in [5.41, 5.74) is 2.24. The first-order valence-electron chi connectivity index (χ1n) is 7.55. The van der Waals surface area contributed by atoms with E-state index in [1.54, 1.807) is 54.6 Å². The van der Waals surface area contributed by atoms with Gasteiger partial charge in [-0.2, -0.15) is 5.26 Å². The summed E-state index contributed by atoms with van der Waals surface area (Å²) in [6.45, 7) is 0. The summed E-state index contributed by atoms with van der Waals surface area (Å²) in [7, 11) is 0. The van der Waals surface area contributed by atoms with Crippen molar-refractivity contribution in [1.82, 2.24) is 4.98 Å². The first-order valence-corrected chi connectivity index (χ1v) is 8.31. The molecule has 7 heteroatoms. The molecular weight excluding hydrogens is 371 g/mol. The van der Waals surface area contributed by atoms with Crippen LogP contribution < -0.4 is 10.6 Å². The summed E-state index contributed by atoms with van der Waals surface area (Å²) in [5, 5.41) is 15.9. The summed E-state index contributed by atoms with van der Waals surface area (Å²) < 4.78 is 0. The van der Waals surface area contributed by atoms with Crippen molar-refractivity contribution in [3.63, 3.8) is 0 Å². The maximum atomic E-state index is 12.4. The van der Waals surface area contributed by atoms with Gasteiger partial charge in [-0.05, 0) is 42.5 Å². The predicted molar refractivity (Wildman–Crippen MR) is 103 cm³/mol. The van der Waals surface area contributed by atoms with Gasteiger partial charge in [0.05, 0.1) is 22.0 Å². The lowest BCUT2D eigenvalue weighted by atomic mass is 10.2. The Hall–Kier alpha value is -3.07. The van der Waals surface area contributed by atoms with Crippen LogP contribution in [0.2, 0.25) is 10.0 Å². The van der Waals surface area contributed by atoms with E-state index in [4.69, 9.17) is 28.5 Å². The van der Waals surface area contributed by atoms with E-state index in [1.165, 1.54) is 6.20 Å². The third kappa shape index (κ3) is 4.12. The molecule has 0 radical (unpaired) electrons. The van der Waals surface area contributed by atoms with Gasteiger partial charge < -0.3 is 10.6 Å². The second kappa shape index (κ2) is 7.87. The zero-order valence-electron chi connectivity index (χ0n) is 13.3. The molecule has 3 aromatic rings. The number of carbonyl (C=O) groups is 1. The highest BCUT2D eigenvalue weighted by atomic mass is 35.5. The molecule has 0 aliphatic heterocycles. The van der Waals surface area contributed by atoms with E-state index in [-0.39, 0.29) is 5.69 Å². The number of benzene rings is 2. The molecule has 0 fully saturated rings. The number of nitrogens with one attached hydrogen (secondary N) is 2. The highest BCUT2D eigenvalue weighted by Crippen LogP contribution is 2.28. The molecule has 0 saturated carbocycles. The average Bonchev–Trinajstić information content (AvgIpc) is 2.65. The summed E-state index contributed by atoms with van der Waals surface area (Å²) in [5.74, 6) is -0.423. The number of aromatic nitrogens is 1. The molecule has 0 saturated heterocycles. The number of pyridine rings is 1. The molecule has 0 bridgehead atoms. The van der Waals surface area contributed by atoms with Crippen molar-refractivity contribution in [1.29, 1.82) is 5.26 Å². The van der Waals surface area contributed by atoms with Gasteiger partial charge in [0.15, 0.2) is 0 Å². The first kappa shape index (κ1) is 17.7. The summed E-state index contributed by atoms with van der Waals surface area (Å²) in [4.78, 5) is 16.5. The molecule has 2 N–H and O–H groups in total. The van der Waals surface area contributed by atoms with E-state index in [0.717, 1.165) is 0 Å². The number of anilines is 3. The van der Waals surface area contributed by atoms with Crippen LogP contribution >= 0.6 is 23.2 Å². The molecule has 0 aliphatic carbocycles. The van der Waals surface area contributed by atoms with E-state index in [1.807, 2.05) is 6.07 Å². The van der Waals surface area contributed by atoms with E-state index in [0.29, 0.717) is 32.7 Å². The first-order chi connectivity index (χ1) is 12.6. The van der Waals surface area contributed by atoms with Crippen LogP contribution in [0, 0.1) is 11.3 Å². The van der Waals surface area contributed by atoms with Crippen LogP contribution in [0.5, 0.6) is 0 Å². The molecule has 128 valence electrons. The lowest BCUT2D eigenvalue weighted by Gasteiger charge is -2.10. The maximum Gasteiger partial charge on any atom is 0.274 e. The lowest BCUT2D eigenvalue weighted by molar-refractivity contribution is 0.102. The van der Waals surface area contributed by atoms with Crippen LogP contribution in [-0.4, -0.2) is 10.9 Å². The Labute approximate surface area is 160 Å². The van der Waals surface area contributed by atoms with Gasteiger partial charge in [0, 0.05) is 16.9 Å². The fourth-order valence-corrected chi connectivity index (χ4v) is 2.59. The monoisotopic (exact) mass is 382 g/mol. The number of halogens is 2.